The number of hydrogen-bond acceptors (Lipinski definition) is 5. The number of aromatic nitrogens is 1. The van der Waals surface area contributed by atoms with Gasteiger partial charge in [-0.1, -0.05) is 0 Å². The minimum Gasteiger partial charge on any atom is -0.481 e. The van der Waals surface area contributed by atoms with E-state index in [0.29, 0.717) is 17.6 Å². The molecule has 1 unspecified atom stereocenters. The van der Waals surface area contributed by atoms with Gasteiger partial charge in [0.25, 0.3) is 0 Å². The first-order valence-corrected chi connectivity index (χ1v) is 5.33. The van der Waals surface area contributed by atoms with Crippen LogP contribution in [0.2, 0.25) is 0 Å². The van der Waals surface area contributed by atoms with Gasteiger partial charge in [-0.15, -0.1) is 0 Å². The van der Waals surface area contributed by atoms with Gasteiger partial charge in [0.2, 0.25) is 5.88 Å². The van der Waals surface area contributed by atoms with E-state index < -0.39 is 0 Å². The summed E-state index contributed by atoms with van der Waals surface area (Å²) in [7, 11) is 3.58. The number of likely N-dealkylation sites (N-methyl/N-ethyl adjacent to an activating group) is 1. The van der Waals surface area contributed by atoms with E-state index >= 15 is 0 Å². The second kappa shape index (κ2) is 4.57. The summed E-state index contributed by atoms with van der Waals surface area (Å²) in [5.74, 6) is 1.34. The van der Waals surface area contributed by atoms with Gasteiger partial charge >= 0.3 is 0 Å². The molecule has 88 valence electrons. The lowest BCUT2D eigenvalue weighted by atomic mass is 10.2. The fraction of sp³-hybridized carbons (Fsp3) is 0.545. The van der Waals surface area contributed by atoms with E-state index in [2.05, 4.69) is 9.88 Å². The molecule has 5 nitrogen and oxygen atoms in total. The summed E-state index contributed by atoms with van der Waals surface area (Å²) in [5.41, 5.74) is 6.57. The van der Waals surface area contributed by atoms with Gasteiger partial charge in [-0.05, 0) is 12.5 Å². The van der Waals surface area contributed by atoms with Crippen LogP contribution in [0.1, 0.15) is 6.42 Å². The van der Waals surface area contributed by atoms with Crippen molar-refractivity contribution in [1.29, 1.82) is 0 Å². The minimum atomic E-state index is 0.349. The molecule has 0 amide bonds. The zero-order valence-corrected chi connectivity index (χ0v) is 9.64. The van der Waals surface area contributed by atoms with Crippen LogP contribution >= 0.6 is 0 Å². The third-order valence-electron chi connectivity index (χ3n) is 2.88. The number of ether oxygens (including phenoxy) is 2. The van der Waals surface area contributed by atoms with Crippen LogP contribution in [0.5, 0.6) is 5.88 Å². The van der Waals surface area contributed by atoms with Crippen molar-refractivity contribution < 1.29 is 9.47 Å². The molecule has 1 saturated heterocycles. The molecule has 2 N–H and O–H groups in total. The summed E-state index contributed by atoms with van der Waals surface area (Å²) in [6.45, 7) is 1.54. The first kappa shape index (κ1) is 11.0. The molecule has 1 aliphatic heterocycles. The van der Waals surface area contributed by atoms with E-state index in [9.17, 15) is 0 Å². The lowest BCUT2D eigenvalue weighted by Crippen LogP contribution is -2.33. The molecule has 2 rings (SSSR count). The van der Waals surface area contributed by atoms with Crippen LogP contribution in [0, 0.1) is 0 Å². The van der Waals surface area contributed by atoms with Gasteiger partial charge in [0, 0.05) is 19.7 Å². The molecule has 5 heteroatoms. The van der Waals surface area contributed by atoms with Gasteiger partial charge in [0.05, 0.1) is 25.4 Å². The summed E-state index contributed by atoms with van der Waals surface area (Å²) < 4.78 is 10.5. The van der Waals surface area contributed by atoms with E-state index in [1.807, 2.05) is 13.1 Å². The topological polar surface area (TPSA) is 60.6 Å². The molecular formula is C11H17N3O2. The van der Waals surface area contributed by atoms with Gasteiger partial charge in [-0.2, -0.15) is 4.98 Å². The second-order valence-electron chi connectivity index (χ2n) is 3.89. The SMILES string of the molecule is COc1ccc(N)c(N(C)C2CCOC2)n1. The first-order valence-electron chi connectivity index (χ1n) is 5.33. The van der Waals surface area contributed by atoms with Crippen molar-refractivity contribution in [3.63, 3.8) is 0 Å². The molecule has 0 bridgehead atoms. The average molecular weight is 223 g/mol. The molecule has 0 aliphatic carbocycles. The highest BCUT2D eigenvalue weighted by atomic mass is 16.5. The largest absolute Gasteiger partial charge is 0.481 e. The number of anilines is 2. The van der Waals surface area contributed by atoms with Crippen molar-refractivity contribution in [2.75, 3.05) is 38.0 Å². The molecule has 1 fully saturated rings. The van der Waals surface area contributed by atoms with Crippen LogP contribution in [-0.2, 0) is 4.74 Å². The first-order chi connectivity index (χ1) is 7.72. The van der Waals surface area contributed by atoms with Gasteiger partial charge in [0.1, 0.15) is 0 Å². The van der Waals surface area contributed by atoms with E-state index in [0.717, 1.165) is 25.5 Å². The normalized spacial score (nSPS) is 19.8. The van der Waals surface area contributed by atoms with Crippen LogP contribution in [-0.4, -0.2) is 38.4 Å². The van der Waals surface area contributed by atoms with Crippen molar-refractivity contribution in [2.45, 2.75) is 12.5 Å². The van der Waals surface area contributed by atoms with E-state index in [1.54, 1.807) is 13.2 Å². The summed E-state index contributed by atoms with van der Waals surface area (Å²) in [6, 6.07) is 3.92. The number of rotatable bonds is 3. The maximum absolute atomic E-state index is 5.91. The van der Waals surface area contributed by atoms with E-state index in [-0.39, 0.29) is 0 Å². The monoisotopic (exact) mass is 223 g/mol. The minimum absolute atomic E-state index is 0.349. The molecule has 0 radical (unpaired) electrons. The highest BCUT2D eigenvalue weighted by Crippen LogP contribution is 2.26. The number of nitrogens with zero attached hydrogens (tertiary/aromatic N) is 2. The Labute approximate surface area is 95.2 Å². The quantitative estimate of drug-likeness (QED) is 0.825. The zero-order valence-electron chi connectivity index (χ0n) is 9.64. The van der Waals surface area contributed by atoms with Crippen LogP contribution in [0.25, 0.3) is 0 Å². The molecule has 0 spiro atoms. The van der Waals surface area contributed by atoms with Gasteiger partial charge in [0.15, 0.2) is 5.82 Å². The van der Waals surface area contributed by atoms with Gasteiger partial charge < -0.3 is 20.1 Å². The van der Waals surface area contributed by atoms with Gasteiger partial charge in [-0.25, -0.2) is 0 Å². The zero-order chi connectivity index (χ0) is 11.5. The molecular weight excluding hydrogens is 206 g/mol. The predicted molar refractivity (Wildman–Crippen MR) is 62.8 cm³/mol. The van der Waals surface area contributed by atoms with Crippen molar-refractivity contribution in [2.24, 2.45) is 0 Å². The van der Waals surface area contributed by atoms with Crippen LogP contribution < -0.4 is 15.4 Å². The number of pyridine rings is 1. The van der Waals surface area contributed by atoms with E-state index in [1.165, 1.54) is 0 Å². The highest BCUT2D eigenvalue weighted by molar-refractivity contribution is 5.63. The Morgan fingerprint density at radius 1 is 1.56 bits per heavy atom. The maximum Gasteiger partial charge on any atom is 0.215 e. The fourth-order valence-corrected chi connectivity index (χ4v) is 1.84. The Bertz CT molecular complexity index is 364. The molecule has 16 heavy (non-hydrogen) atoms. The lowest BCUT2D eigenvalue weighted by molar-refractivity contribution is 0.193. The Morgan fingerprint density at radius 3 is 3.00 bits per heavy atom. The molecule has 1 aromatic rings. The van der Waals surface area contributed by atoms with Crippen molar-refractivity contribution in [1.82, 2.24) is 4.98 Å². The fourth-order valence-electron chi connectivity index (χ4n) is 1.84. The Hall–Kier alpha value is -1.49. The smallest absolute Gasteiger partial charge is 0.215 e. The third kappa shape index (κ3) is 2.04. The second-order valence-corrected chi connectivity index (χ2v) is 3.89. The van der Waals surface area contributed by atoms with Crippen molar-refractivity contribution in [3.05, 3.63) is 12.1 Å². The Morgan fingerprint density at radius 2 is 2.38 bits per heavy atom. The van der Waals surface area contributed by atoms with Crippen LogP contribution in [0.15, 0.2) is 12.1 Å². The number of hydrogen-bond donors (Lipinski definition) is 1. The van der Waals surface area contributed by atoms with Crippen LogP contribution in [0.4, 0.5) is 11.5 Å². The number of nitrogens with two attached hydrogens (primary N) is 1. The van der Waals surface area contributed by atoms with Crippen molar-refractivity contribution >= 4 is 11.5 Å². The van der Waals surface area contributed by atoms with E-state index in [4.69, 9.17) is 15.2 Å². The highest BCUT2D eigenvalue weighted by Gasteiger charge is 2.23. The molecule has 1 aromatic heterocycles. The van der Waals surface area contributed by atoms with Gasteiger partial charge in [-0.3, -0.25) is 0 Å². The van der Waals surface area contributed by atoms with Crippen molar-refractivity contribution in [3.8, 4) is 5.88 Å². The number of nitrogen functional groups attached to an aromatic ring is 1. The molecule has 0 aromatic carbocycles. The molecule has 0 saturated carbocycles. The number of methoxy groups -OCH3 is 1. The summed E-state index contributed by atoms with van der Waals surface area (Å²) >= 11 is 0. The molecule has 1 atom stereocenters. The van der Waals surface area contributed by atoms with Crippen LogP contribution in [0.3, 0.4) is 0 Å². The Kier molecular flexibility index (Phi) is 3.14. The summed E-state index contributed by atoms with van der Waals surface area (Å²) in [5, 5.41) is 0. The predicted octanol–water partition coefficient (Wildman–Crippen LogP) is 0.897. The Balaban J connectivity index is 2.23. The summed E-state index contributed by atoms with van der Waals surface area (Å²) in [4.78, 5) is 6.42. The average Bonchev–Trinajstić information content (AvgIpc) is 2.82. The third-order valence-corrected chi connectivity index (χ3v) is 2.88. The standard InChI is InChI=1S/C11H17N3O2/c1-14(8-5-6-16-7-8)11-9(12)3-4-10(13-11)15-2/h3-4,8H,5-7,12H2,1-2H3. The molecule has 1 aliphatic rings. The maximum atomic E-state index is 5.91. The lowest BCUT2D eigenvalue weighted by Gasteiger charge is -2.25. The summed E-state index contributed by atoms with van der Waals surface area (Å²) in [6.07, 6.45) is 1.01. The molecule has 2 heterocycles.